The first kappa shape index (κ1) is 20.8. The minimum Gasteiger partial charge on any atom is -0.506 e. The van der Waals surface area contributed by atoms with E-state index in [2.05, 4.69) is 9.71 Å². The van der Waals surface area contributed by atoms with Gasteiger partial charge in [-0.3, -0.25) is 9.59 Å². The van der Waals surface area contributed by atoms with E-state index in [-0.39, 0.29) is 33.3 Å². The molecule has 0 fully saturated rings. The number of aryl methyl sites for hydroxylation is 1. The van der Waals surface area contributed by atoms with Gasteiger partial charge < -0.3 is 15.0 Å². The molecule has 0 spiro atoms. The Morgan fingerprint density at radius 2 is 1.94 bits per heavy atom. The van der Waals surface area contributed by atoms with Crippen LogP contribution in [0.4, 0.5) is 5.69 Å². The Hall–Kier alpha value is -3.46. The van der Waals surface area contributed by atoms with Gasteiger partial charge in [0.25, 0.3) is 15.6 Å². The summed E-state index contributed by atoms with van der Waals surface area (Å²) in [4.78, 5) is 24.2. The number of pyridine rings is 1. The Balaban J connectivity index is 1.96. The Morgan fingerprint density at radius 3 is 2.65 bits per heavy atom. The molecule has 0 radical (unpaired) electrons. The molecule has 3 aromatic rings. The minimum atomic E-state index is -4.19. The number of rotatable bonds is 5. The van der Waals surface area contributed by atoms with Gasteiger partial charge >= 0.3 is 0 Å². The molecular formula is C22H21N3O5S. The number of sulfonamides is 1. The number of para-hydroxylation sites is 1. The molecular weight excluding hydrogens is 418 g/mol. The molecule has 1 aliphatic heterocycles. The second-order valence-electron chi connectivity index (χ2n) is 7.79. The van der Waals surface area contributed by atoms with Crippen molar-refractivity contribution in [3.8, 4) is 5.75 Å². The largest absolute Gasteiger partial charge is 0.506 e. The van der Waals surface area contributed by atoms with Crippen molar-refractivity contribution < 1.29 is 18.3 Å². The van der Waals surface area contributed by atoms with Gasteiger partial charge in [0.05, 0.1) is 11.2 Å². The fourth-order valence-electron chi connectivity index (χ4n) is 3.57. The van der Waals surface area contributed by atoms with Crippen LogP contribution in [0, 0.1) is 5.92 Å². The number of carbonyl (C=O) groups excluding carboxylic acids is 1. The molecule has 0 saturated carbocycles. The summed E-state index contributed by atoms with van der Waals surface area (Å²) in [7, 11) is -4.19. The highest BCUT2D eigenvalue weighted by atomic mass is 32.2. The lowest BCUT2D eigenvalue weighted by Gasteiger charge is -2.21. The van der Waals surface area contributed by atoms with Gasteiger partial charge in [0, 0.05) is 17.5 Å². The third kappa shape index (κ3) is 3.61. The van der Waals surface area contributed by atoms with Crippen LogP contribution < -0.4 is 10.9 Å². The van der Waals surface area contributed by atoms with Gasteiger partial charge in [0.1, 0.15) is 22.5 Å². The van der Waals surface area contributed by atoms with E-state index in [9.17, 15) is 23.1 Å². The minimum absolute atomic E-state index is 0.165. The van der Waals surface area contributed by atoms with Crippen molar-refractivity contribution in [3.63, 3.8) is 0 Å². The molecule has 8 nitrogen and oxygen atoms in total. The van der Waals surface area contributed by atoms with Crippen LogP contribution in [-0.2, 0) is 16.6 Å². The van der Waals surface area contributed by atoms with Crippen LogP contribution in [0.3, 0.4) is 0 Å². The van der Waals surface area contributed by atoms with Crippen LogP contribution >= 0.6 is 0 Å². The SMILES string of the molecule is CC(C)CCn1c(=O)c(C2=NS(=O)(=O)c3cc(C=O)ccc3N2)c(O)c2ccccc21. The van der Waals surface area contributed by atoms with Gasteiger partial charge in [-0.25, -0.2) is 0 Å². The van der Waals surface area contributed by atoms with E-state index in [0.29, 0.717) is 29.7 Å². The van der Waals surface area contributed by atoms with Crippen LogP contribution in [-0.4, -0.2) is 30.2 Å². The lowest BCUT2D eigenvalue weighted by atomic mass is 10.1. The highest BCUT2D eigenvalue weighted by Crippen LogP contribution is 2.32. The van der Waals surface area contributed by atoms with Crippen LogP contribution in [0.15, 0.2) is 56.6 Å². The maximum Gasteiger partial charge on any atom is 0.286 e. The number of amidine groups is 1. The Labute approximate surface area is 178 Å². The monoisotopic (exact) mass is 439 g/mol. The lowest BCUT2D eigenvalue weighted by Crippen LogP contribution is -2.33. The van der Waals surface area contributed by atoms with Crippen molar-refractivity contribution in [2.24, 2.45) is 10.3 Å². The summed E-state index contributed by atoms with van der Waals surface area (Å²) in [6.07, 6.45) is 1.27. The summed E-state index contributed by atoms with van der Waals surface area (Å²) in [6, 6.07) is 11.0. The molecule has 9 heteroatoms. The van der Waals surface area contributed by atoms with E-state index >= 15 is 0 Å². The summed E-state index contributed by atoms with van der Waals surface area (Å²) < 4.78 is 30.8. The molecule has 0 amide bonds. The zero-order valence-electron chi connectivity index (χ0n) is 17.0. The molecule has 0 saturated heterocycles. The first-order valence-electron chi connectivity index (χ1n) is 9.79. The summed E-state index contributed by atoms with van der Waals surface area (Å²) in [5.74, 6) is -0.249. The predicted octanol–water partition coefficient (Wildman–Crippen LogP) is 3.13. The van der Waals surface area contributed by atoms with Crippen LogP contribution in [0.5, 0.6) is 5.75 Å². The van der Waals surface area contributed by atoms with E-state index in [4.69, 9.17) is 0 Å². The quantitative estimate of drug-likeness (QED) is 0.590. The molecule has 0 atom stereocenters. The van der Waals surface area contributed by atoms with Gasteiger partial charge in [0.2, 0.25) is 0 Å². The zero-order chi connectivity index (χ0) is 22.3. The summed E-state index contributed by atoms with van der Waals surface area (Å²) >= 11 is 0. The topological polar surface area (TPSA) is 118 Å². The molecule has 31 heavy (non-hydrogen) atoms. The number of aldehydes is 1. The first-order chi connectivity index (χ1) is 14.7. The summed E-state index contributed by atoms with van der Waals surface area (Å²) in [6.45, 7) is 4.49. The third-order valence-corrected chi connectivity index (χ3v) is 6.51. The molecule has 4 rings (SSSR count). The number of anilines is 1. The number of aromatic hydroxyl groups is 1. The molecule has 2 N–H and O–H groups in total. The van der Waals surface area contributed by atoms with Crippen molar-refractivity contribution >= 4 is 38.7 Å². The highest BCUT2D eigenvalue weighted by molar-refractivity contribution is 7.90. The van der Waals surface area contributed by atoms with E-state index < -0.39 is 15.6 Å². The van der Waals surface area contributed by atoms with Crippen LogP contribution in [0.25, 0.3) is 10.9 Å². The third-order valence-electron chi connectivity index (χ3n) is 5.20. The van der Waals surface area contributed by atoms with Crippen molar-refractivity contribution in [1.82, 2.24) is 4.57 Å². The number of nitrogens with zero attached hydrogens (tertiary/aromatic N) is 2. The van der Waals surface area contributed by atoms with Gasteiger partial charge in [-0.15, -0.1) is 4.40 Å². The molecule has 1 aromatic heterocycles. The molecule has 160 valence electrons. The van der Waals surface area contributed by atoms with Crippen LogP contribution in [0.2, 0.25) is 0 Å². The van der Waals surface area contributed by atoms with Gasteiger partial charge in [-0.1, -0.05) is 26.0 Å². The maximum atomic E-state index is 13.4. The molecule has 2 heterocycles. The fraction of sp³-hybridized carbons (Fsp3) is 0.227. The first-order valence-corrected chi connectivity index (χ1v) is 11.2. The van der Waals surface area contributed by atoms with Crippen molar-refractivity contribution in [1.29, 1.82) is 0 Å². The standard InChI is InChI=1S/C22H21N3O5S/c1-13(2)9-10-25-17-6-4-3-5-15(17)20(27)19(22(25)28)21-23-16-8-7-14(12-26)11-18(16)31(29,30)24-21/h3-8,11-13,27H,9-10H2,1-2H3,(H,23,24). The average molecular weight is 439 g/mol. The smallest absolute Gasteiger partial charge is 0.286 e. The average Bonchev–Trinajstić information content (AvgIpc) is 2.73. The van der Waals surface area contributed by atoms with E-state index in [1.54, 1.807) is 24.3 Å². The number of carbonyl (C=O) groups is 1. The fourth-order valence-corrected chi connectivity index (χ4v) is 4.73. The van der Waals surface area contributed by atoms with E-state index in [1.165, 1.54) is 22.8 Å². The van der Waals surface area contributed by atoms with Gasteiger partial charge in [0.15, 0.2) is 5.84 Å². The predicted molar refractivity (Wildman–Crippen MR) is 119 cm³/mol. The van der Waals surface area contributed by atoms with Gasteiger partial charge in [-0.2, -0.15) is 8.42 Å². The maximum absolute atomic E-state index is 13.4. The molecule has 0 bridgehead atoms. The summed E-state index contributed by atoms with van der Waals surface area (Å²) in [5, 5.41) is 14.2. The number of fused-ring (bicyclic) bond motifs is 2. The molecule has 1 aliphatic rings. The Morgan fingerprint density at radius 1 is 1.19 bits per heavy atom. The second kappa shape index (κ2) is 7.66. The summed E-state index contributed by atoms with van der Waals surface area (Å²) in [5.41, 5.74) is 0.177. The van der Waals surface area contributed by atoms with Crippen LogP contribution in [0.1, 0.15) is 36.2 Å². The van der Waals surface area contributed by atoms with E-state index in [1.807, 2.05) is 13.8 Å². The zero-order valence-corrected chi connectivity index (χ0v) is 17.8. The Bertz CT molecular complexity index is 1400. The van der Waals surface area contributed by atoms with Crippen molar-refractivity contribution in [2.75, 3.05) is 5.32 Å². The Kier molecular flexibility index (Phi) is 5.14. The lowest BCUT2D eigenvalue weighted by molar-refractivity contribution is 0.112. The number of hydrogen-bond acceptors (Lipinski definition) is 6. The van der Waals surface area contributed by atoms with Crippen molar-refractivity contribution in [3.05, 3.63) is 63.9 Å². The number of benzene rings is 2. The second-order valence-corrected chi connectivity index (χ2v) is 9.37. The van der Waals surface area contributed by atoms with Gasteiger partial charge in [-0.05, 0) is 42.7 Å². The highest BCUT2D eigenvalue weighted by Gasteiger charge is 2.30. The van der Waals surface area contributed by atoms with E-state index in [0.717, 1.165) is 6.42 Å². The molecule has 2 aromatic carbocycles. The number of aromatic nitrogens is 1. The molecule has 0 aliphatic carbocycles. The number of hydrogen-bond donors (Lipinski definition) is 2. The normalized spacial score (nSPS) is 14.7. The number of nitrogens with one attached hydrogen (secondary N) is 1. The van der Waals surface area contributed by atoms with Crippen molar-refractivity contribution in [2.45, 2.75) is 31.7 Å². The molecule has 0 unspecified atom stereocenters.